The SMILES string of the molecule is CCOc1ccc(S(=O)(=O)N2CCN(C(=O)c3ccc(Cc4c(C)o[n+](-c5ccc(S(=O)(=O)N6CCN(C(=O)c7ccc(Cc8c(C)noc8C)o7)CC6)cc5)c4C)o3)CC2)cc1. The van der Waals surface area contributed by atoms with E-state index in [9.17, 15) is 26.4 Å². The number of hydrogen-bond donors (Lipinski definition) is 0. The van der Waals surface area contributed by atoms with Gasteiger partial charge in [-0.1, -0.05) is 5.16 Å². The van der Waals surface area contributed by atoms with Gasteiger partial charge < -0.3 is 27.9 Å². The van der Waals surface area contributed by atoms with E-state index >= 15 is 0 Å². The number of carbonyl (C=O) groups is 2. The quantitative estimate of drug-likeness (QED) is 0.144. The number of aryl methyl sites for hydroxylation is 3. The molecule has 63 heavy (non-hydrogen) atoms. The summed E-state index contributed by atoms with van der Waals surface area (Å²) in [4.78, 5) is 30.2. The number of benzene rings is 2. The predicted molar refractivity (Wildman–Crippen MR) is 226 cm³/mol. The summed E-state index contributed by atoms with van der Waals surface area (Å²) < 4.78 is 86.9. The Labute approximate surface area is 365 Å². The Kier molecular flexibility index (Phi) is 12.2. The zero-order valence-corrected chi connectivity index (χ0v) is 37.3. The molecule has 6 heterocycles. The van der Waals surface area contributed by atoms with Crippen molar-refractivity contribution in [3.63, 3.8) is 0 Å². The van der Waals surface area contributed by atoms with E-state index in [1.54, 1.807) is 63.1 Å². The molecule has 0 radical (unpaired) electrons. The lowest BCUT2D eigenvalue weighted by molar-refractivity contribution is -0.789. The number of piperazine rings is 2. The van der Waals surface area contributed by atoms with Crippen LogP contribution in [0.1, 0.15) is 73.6 Å². The molecule has 2 aliphatic heterocycles. The van der Waals surface area contributed by atoms with Gasteiger partial charge >= 0.3 is 0 Å². The van der Waals surface area contributed by atoms with Crippen molar-refractivity contribution in [3.8, 4) is 11.4 Å². The van der Waals surface area contributed by atoms with Gasteiger partial charge in [0.25, 0.3) is 17.5 Å². The minimum absolute atomic E-state index is 0.117. The summed E-state index contributed by atoms with van der Waals surface area (Å²) >= 11 is 0. The van der Waals surface area contributed by atoms with Crippen molar-refractivity contribution in [2.45, 2.75) is 57.3 Å². The van der Waals surface area contributed by atoms with E-state index in [-0.39, 0.29) is 85.5 Å². The molecule has 0 saturated carbocycles. The molecule has 2 saturated heterocycles. The van der Waals surface area contributed by atoms with Gasteiger partial charge in [0, 0.05) is 101 Å². The lowest BCUT2D eigenvalue weighted by Crippen LogP contribution is -2.50. The monoisotopic (exact) mass is 901 g/mol. The van der Waals surface area contributed by atoms with Crippen LogP contribution in [0.3, 0.4) is 0 Å². The summed E-state index contributed by atoms with van der Waals surface area (Å²) in [5, 5.41) is 3.97. The molecule has 0 unspecified atom stereocenters. The number of amides is 2. The van der Waals surface area contributed by atoms with Gasteiger partial charge in [-0.25, -0.2) is 21.4 Å². The normalized spacial score (nSPS) is 15.6. The Hall–Kier alpha value is -6.02. The Bertz CT molecular complexity index is 2820. The Morgan fingerprint density at radius 1 is 0.635 bits per heavy atom. The highest BCUT2D eigenvalue weighted by molar-refractivity contribution is 7.89. The molecule has 2 fully saturated rings. The van der Waals surface area contributed by atoms with E-state index in [0.717, 1.165) is 22.5 Å². The zero-order valence-electron chi connectivity index (χ0n) is 35.7. The first-order chi connectivity index (χ1) is 30.1. The average molecular weight is 902 g/mol. The van der Waals surface area contributed by atoms with E-state index < -0.39 is 20.0 Å². The number of rotatable bonds is 13. The zero-order chi connectivity index (χ0) is 44.6. The number of nitrogens with zero attached hydrogens (tertiary/aromatic N) is 6. The predicted octanol–water partition coefficient (Wildman–Crippen LogP) is 4.84. The van der Waals surface area contributed by atoms with Crippen molar-refractivity contribution in [3.05, 3.63) is 130 Å². The number of aromatic nitrogens is 2. The molecule has 0 spiro atoms. The summed E-state index contributed by atoms with van der Waals surface area (Å²) in [5.74, 6) is 2.78. The fraction of sp³-hybridized carbons (Fsp3) is 0.364. The van der Waals surface area contributed by atoms with Crippen molar-refractivity contribution in [1.82, 2.24) is 23.6 Å². The smallest absolute Gasteiger partial charge is 0.289 e. The molecule has 0 aliphatic carbocycles. The average Bonchev–Trinajstić information content (AvgIpc) is 4.09. The molecule has 0 N–H and O–H groups in total. The van der Waals surface area contributed by atoms with Crippen molar-refractivity contribution >= 4 is 31.9 Å². The summed E-state index contributed by atoms with van der Waals surface area (Å²) in [6, 6.07) is 19.5. The summed E-state index contributed by atoms with van der Waals surface area (Å²) in [5.41, 5.74) is 3.90. The van der Waals surface area contributed by atoms with E-state index in [2.05, 4.69) is 5.16 Å². The standard InChI is InChI=1S/C44H49N6O11S2/c1-6-57-34-9-15-38(16-10-34)63(55,56)49-25-21-47(22-26-49)44(52)42-18-12-36(59-42)28-40-30(3)50(61-32(40)5)33-7-13-37(14-8-33)62(53,54)48-23-19-46(20-24-48)43(51)41-17-11-35(58-41)27-39-29(2)45-60-31(39)4/h7-18H,6,19-28H2,1-5H3/q+1. The molecule has 19 heteroatoms. The first-order valence-electron chi connectivity index (χ1n) is 20.7. The van der Waals surface area contributed by atoms with Crippen molar-refractivity contribution in [1.29, 1.82) is 0 Å². The Morgan fingerprint density at radius 2 is 1.11 bits per heavy atom. The van der Waals surface area contributed by atoms with Crippen LogP contribution in [0.2, 0.25) is 0 Å². The van der Waals surface area contributed by atoms with Crippen LogP contribution in [0.5, 0.6) is 5.75 Å². The summed E-state index contributed by atoms with van der Waals surface area (Å²) in [6.45, 7) is 11.1. The van der Waals surface area contributed by atoms with Crippen LogP contribution in [-0.2, 0) is 32.9 Å². The van der Waals surface area contributed by atoms with Crippen LogP contribution in [-0.4, -0.2) is 111 Å². The molecule has 0 bridgehead atoms. The van der Waals surface area contributed by atoms with Gasteiger partial charge in [-0.15, -0.1) is 0 Å². The fourth-order valence-electron chi connectivity index (χ4n) is 7.92. The van der Waals surface area contributed by atoms with Gasteiger partial charge in [0.15, 0.2) is 17.3 Å². The number of ether oxygens (including phenoxy) is 1. The van der Waals surface area contributed by atoms with Crippen LogP contribution in [0.15, 0.2) is 100 Å². The maximum absolute atomic E-state index is 13.7. The van der Waals surface area contributed by atoms with Crippen molar-refractivity contribution in [2.24, 2.45) is 0 Å². The first-order valence-corrected chi connectivity index (χ1v) is 23.5. The molecule has 2 amide bonds. The fourth-order valence-corrected chi connectivity index (χ4v) is 10.8. The first kappa shape index (κ1) is 43.6. The number of sulfonamides is 2. The van der Waals surface area contributed by atoms with Crippen molar-refractivity contribution in [2.75, 3.05) is 59.0 Å². The van der Waals surface area contributed by atoms with Crippen molar-refractivity contribution < 1.29 is 53.8 Å². The van der Waals surface area contributed by atoms with Crippen LogP contribution in [0.25, 0.3) is 5.69 Å². The largest absolute Gasteiger partial charge is 0.494 e. The lowest BCUT2D eigenvalue weighted by atomic mass is 10.1. The second-order valence-electron chi connectivity index (χ2n) is 15.5. The van der Waals surface area contributed by atoms with E-state index in [0.29, 0.717) is 53.9 Å². The molecule has 2 aromatic carbocycles. The minimum Gasteiger partial charge on any atom is -0.494 e. The molecule has 0 atom stereocenters. The van der Waals surface area contributed by atoms with Crippen LogP contribution >= 0.6 is 0 Å². The summed E-state index contributed by atoms with van der Waals surface area (Å²) in [6.07, 6.45) is 0.779. The third kappa shape index (κ3) is 8.82. The highest BCUT2D eigenvalue weighted by atomic mass is 32.2. The third-order valence-corrected chi connectivity index (χ3v) is 15.4. The van der Waals surface area contributed by atoms with Crippen LogP contribution in [0.4, 0.5) is 0 Å². The topological polar surface area (TPSA) is 194 Å². The maximum Gasteiger partial charge on any atom is 0.289 e. The van der Waals surface area contributed by atoms with Gasteiger partial charge in [0.2, 0.25) is 25.7 Å². The Balaban J connectivity index is 0.851. The molecular formula is C44H49N6O11S2+. The number of furan rings is 2. The molecule has 2 aliphatic rings. The van der Waals surface area contributed by atoms with Gasteiger partial charge in [-0.05, 0) is 81.4 Å². The molecular weight excluding hydrogens is 853 g/mol. The highest BCUT2D eigenvalue weighted by Gasteiger charge is 2.34. The highest BCUT2D eigenvalue weighted by Crippen LogP contribution is 2.26. The molecule has 332 valence electrons. The second kappa shape index (κ2) is 17.6. The van der Waals surface area contributed by atoms with Gasteiger partial charge in [-0.2, -0.15) is 8.61 Å². The van der Waals surface area contributed by atoms with E-state index in [1.165, 1.54) is 32.9 Å². The molecule has 17 nitrogen and oxygen atoms in total. The van der Waals surface area contributed by atoms with Gasteiger partial charge in [0.05, 0.1) is 27.7 Å². The number of carbonyl (C=O) groups excluding carboxylic acids is 2. The number of hydrogen-bond acceptors (Lipinski definition) is 12. The lowest BCUT2D eigenvalue weighted by Gasteiger charge is -2.33. The third-order valence-electron chi connectivity index (χ3n) is 11.6. The summed E-state index contributed by atoms with van der Waals surface area (Å²) in [7, 11) is -7.59. The van der Waals surface area contributed by atoms with Gasteiger partial charge in [-0.3, -0.25) is 9.59 Å². The molecule has 4 aromatic heterocycles. The van der Waals surface area contributed by atoms with Crippen LogP contribution < -0.4 is 9.48 Å². The van der Waals surface area contributed by atoms with E-state index in [4.69, 9.17) is 22.6 Å². The molecule has 6 aromatic rings. The second-order valence-corrected chi connectivity index (χ2v) is 19.4. The van der Waals surface area contributed by atoms with Crippen LogP contribution in [0, 0.1) is 27.7 Å². The maximum atomic E-state index is 13.7. The minimum atomic E-state index is -3.86. The van der Waals surface area contributed by atoms with Gasteiger partial charge in [0.1, 0.15) is 23.0 Å². The Morgan fingerprint density at radius 3 is 1.57 bits per heavy atom. The molecule has 8 rings (SSSR count). The van der Waals surface area contributed by atoms with E-state index in [1.807, 2.05) is 34.6 Å².